The number of pyridine rings is 1. The molecule has 0 aliphatic rings. The molecule has 0 saturated carbocycles. The van der Waals surface area contributed by atoms with Crippen molar-refractivity contribution >= 4 is 17.4 Å². The number of hydrogen-bond donors (Lipinski definition) is 1. The van der Waals surface area contributed by atoms with Gasteiger partial charge in [-0.1, -0.05) is 36.4 Å². The maximum absolute atomic E-state index is 14.0. The van der Waals surface area contributed by atoms with Crippen LogP contribution in [0.1, 0.15) is 28.4 Å². The van der Waals surface area contributed by atoms with Crippen LogP contribution in [0.15, 0.2) is 66.9 Å². The summed E-state index contributed by atoms with van der Waals surface area (Å²) >= 11 is 0. The van der Waals surface area contributed by atoms with Crippen LogP contribution in [0.4, 0.5) is 15.9 Å². The molecule has 2 aromatic carbocycles. The van der Waals surface area contributed by atoms with Crippen LogP contribution < -0.4 is 5.32 Å². The third kappa shape index (κ3) is 5.42. The molecule has 0 aliphatic carbocycles. The maximum atomic E-state index is 14.0. The fourth-order valence-electron chi connectivity index (χ4n) is 3.20. The van der Waals surface area contributed by atoms with Gasteiger partial charge >= 0.3 is 0 Å². The van der Waals surface area contributed by atoms with Gasteiger partial charge in [0, 0.05) is 25.8 Å². The molecule has 0 fully saturated rings. The fraction of sp³-hybridized carbons (Fsp3) is 0.250. The lowest BCUT2D eigenvalue weighted by molar-refractivity contribution is 0.0753. The van der Waals surface area contributed by atoms with E-state index in [9.17, 15) is 9.18 Å². The largest absolute Gasteiger partial charge is 0.337 e. The number of nitrogens with zero attached hydrogens (tertiary/aromatic N) is 3. The minimum absolute atomic E-state index is 0.151. The second kappa shape index (κ2) is 9.98. The van der Waals surface area contributed by atoms with Gasteiger partial charge in [0.25, 0.3) is 5.91 Å². The number of hydrogen-bond acceptors (Lipinski definition) is 4. The van der Waals surface area contributed by atoms with Crippen molar-refractivity contribution in [1.29, 1.82) is 0 Å². The van der Waals surface area contributed by atoms with Gasteiger partial charge in [0.2, 0.25) is 0 Å². The molecule has 0 saturated heterocycles. The van der Waals surface area contributed by atoms with Crippen LogP contribution in [0.3, 0.4) is 0 Å². The lowest BCUT2D eigenvalue weighted by Gasteiger charge is -2.22. The van der Waals surface area contributed by atoms with Crippen molar-refractivity contribution in [3.05, 3.63) is 89.4 Å². The summed E-state index contributed by atoms with van der Waals surface area (Å²) in [6.07, 6.45) is 1.58. The van der Waals surface area contributed by atoms with Crippen molar-refractivity contribution < 1.29 is 9.18 Å². The summed E-state index contributed by atoms with van der Waals surface area (Å²) in [4.78, 5) is 21.4. The van der Waals surface area contributed by atoms with Gasteiger partial charge in [-0.25, -0.2) is 9.37 Å². The van der Waals surface area contributed by atoms with E-state index in [-0.39, 0.29) is 11.6 Å². The van der Waals surface area contributed by atoms with Gasteiger partial charge in [-0.2, -0.15) is 0 Å². The molecule has 0 atom stereocenters. The molecular weight excluding hydrogens is 379 g/mol. The van der Waals surface area contributed by atoms with Crippen molar-refractivity contribution in [3.8, 4) is 0 Å². The smallest absolute Gasteiger partial charge is 0.257 e. The Bertz CT molecular complexity index is 989. The molecular formula is C24H27FN4O. The van der Waals surface area contributed by atoms with E-state index in [4.69, 9.17) is 0 Å². The summed E-state index contributed by atoms with van der Waals surface area (Å²) in [6, 6.07) is 18.0. The Kier molecular flexibility index (Phi) is 7.14. The zero-order valence-electron chi connectivity index (χ0n) is 17.6. The molecule has 1 aromatic heterocycles. The standard InChI is InChI=1S/C24H27FN4O/c1-4-29(17-19-13-11-18(12-14-19)16-28(2)3)24(30)20-8-7-15-26-23(20)27-22-10-6-5-9-21(22)25/h5-15H,4,16-17H2,1-3H3,(H,26,27). The highest BCUT2D eigenvalue weighted by atomic mass is 19.1. The lowest BCUT2D eigenvalue weighted by atomic mass is 10.1. The number of anilines is 2. The topological polar surface area (TPSA) is 48.5 Å². The molecule has 0 unspecified atom stereocenters. The number of carbonyl (C=O) groups excluding carboxylic acids is 1. The molecule has 30 heavy (non-hydrogen) atoms. The van der Waals surface area contributed by atoms with Gasteiger partial charge in [0.05, 0.1) is 11.3 Å². The molecule has 5 nitrogen and oxygen atoms in total. The van der Waals surface area contributed by atoms with E-state index in [0.717, 1.165) is 12.1 Å². The third-order valence-corrected chi connectivity index (χ3v) is 4.73. The third-order valence-electron chi connectivity index (χ3n) is 4.73. The Morgan fingerprint density at radius 1 is 0.967 bits per heavy atom. The average molecular weight is 407 g/mol. The van der Waals surface area contributed by atoms with Crippen molar-refractivity contribution in [1.82, 2.24) is 14.8 Å². The first-order chi connectivity index (χ1) is 14.5. The fourth-order valence-corrected chi connectivity index (χ4v) is 3.20. The van der Waals surface area contributed by atoms with E-state index in [1.165, 1.54) is 11.6 Å². The van der Waals surface area contributed by atoms with E-state index in [0.29, 0.717) is 24.5 Å². The van der Waals surface area contributed by atoms with E-state index >= 15 is 0 Å². The number of carbonyl (C=O) groups is 1. The first-order valence-corrected chi connectivity index (χ1v) is 9.96. The van der Waals surface area contributed by atoms with Gasteiger partial charge in [0.1, 0.15) is 11.6 Å². The molecule has 0 aliphatic heterocycles. The number of rotatable bonds is 8. The maximum Gasteiger partial charge on any atom is 0.257 e. The van der Waals surface area contributed by atoms with Gasteiger partial charge in [-0.05, 0) is 56.4 Å². The highest BCUT2D eigenvalue weighted by molar-refractivity contribution is 5.99. The molecule has 1 amide bonds. The molecule has 3 rings (SSSR count). The Labute approximate surface area is 177 Å². The van der Waals surface area contributed by atoms with Crippen LogP contribution in [0.5, 0.6) is 0 Å². The van der Waals surface area contributed by atoms with E-state index < -0.39 is 5.82 Å². The van der Waals surface area contributed by atoms with Crippen molar-refractivity contribution in [2.75, 3.05) is 26.0 Å². The number of para-hydroxylation sites is 1. The van der Waals surface area contributed by atoms with E-state index in [2.05, 4.69) is 39.5 Å². The Hall–Kier alpha value is -3.25. The zero-order valence-corrected chi connectivity index (χ0v) is 17.6. The molecule has 6 heteroatoms. The van der Waals surface area contributed by atoms with Crippen LogP contribution >= 0.6 is 0 Å². The normalized spacial score (nSPS) is 10.8. The Morgan fingerprint density at radius 3 is 2.27 bits per heavy atom. The molecule has 1 N–H and O–H groups in total. The first kappa shape index (κ1) is 21.5. The molecule has 0 spiro atoms. The molecule has 156 valence electrons. The highest BCUT2D eigenvalue weighted by Gasteiger charge is 2.19. The summed E-state index contributed by atoms with van der Waals surface area (Å²) in [5.74, 6) is -0.207. The molecule has 1 heterocycles. The Morgan fingerprint density at radius 2 is 1.63 bits per heavy atom. The first-order valence-electron chi connectivity index (χ1n) is 9.96. The molecule has 3 aromatic rings. The highest BCUT2D eigenvalue weighted by Crippen LogP contribution is 2.22. The van der Waals surface area contributed by atoms with Crippen LogP contribution in [0.2, 0.25) is 0 Å². The van der Waals surface area contributed by atoms with E-state index in [1.807, 2.05) is 21.0 Å². The lowest BCUT2D eigenvalue weighted by Crippen LogP contribution is -2.31. The van der Waals surface area contributed by atoms with Crippen LogP contribution in [0.25, 0.3) is 0 Å². The zero-order chi connectivity index (χ0) is 21.5. The summed E-state index contributed by atoms with van der Waals surface area (Å²) in [6.45, 7) is 3.86. The monoisotopic (exact) mass is 406 g/mol. The minimum atomic E-state index is -0.397. The van der Waals surface area contributed by atoms with Gasteiger partial charge < -0.3 is 15.1 Å². The summed E-state index contributed by atoms with van der Waals surface area (Å²) in [7, 11) is 4.07. The second-order valence-corrected chi connectivity index (χ2v) is 7.38. The number of aromatic nitrogens is 1. The SMILES string of the molecule is CCN(Cc1ccc(CN(C)C)cc1)C(=O)c1cccnc1Nc1ccccc1F. The van der Waals surface area contributed by atoms with Gasteiger partial charge in [0.15, 0.2) is 0 Å². The Balaban J connectivity index is 1.78. The van der Waals surface area contributed by atoms with Crippen molar-refractivity contribution in [2.45, 2.75) is 20.0 Å². The number of halogens is 1. The quantitative estimate of drug-likeness (QED) is 0.590. The van der Waals surface area contributed by atoms with Crippen LogP contribution in [-0.4, -0.2) is 41.3 Å². The van der Waals surface area contributed by atoms with E-state index in [1.54, 1.807) is 41.4 Å². The number of benzene rings is 2. The van der Waals surface area contributed by atoms with Gasteiger partial charge in [-0.15, -0.1) is 0 Å². The number of amides is 1. The van der Waals surface area contributed by atoms with Crippen LogP contribution in [-0.2, 0) is 13.1 Å². The predicted octanol–water partition coefficient (Wildman–Crippen LogP) is 4.69. The van der Waals surface area contributed by atoms with Crippen LogP contribution in [0, 0.1) is 5.82 Å². The number of nitrogens with one attached hydrogen (secondary N) is 1. The second-order valence-electron chi connectivity index (χ2n) is 7.38. The molecule has 0 bridgehead atoms. The molecule has 0 radical (unpaired) electrons. The summed E-state index contributed by atoms with van der Waals surface area (Å²) in [5.41, 5.74) is 2.97. The van der Waals surface area contributed by atoms with Crippen molar-refractivity contribution in [3.63, 3.8) is 0 Å². The van der Waals surface area contributed by atoms with Gasteiger partial charge in [-0.3, -0.25) is 4.79 Å². The predicted molar refractivity (Wildman–Crippen MR) is 118 cm³/mol. The minimum Gasteiger partial charge on any atom is -0.337 e. The average Bonchev–Trinajstić information content (AvgIpc) is 2.74. The summed E-state index contributed by atoms with van der Waals surface area (Å²) in [5, 5.41) is 2.95. The van der Waals surface area contributed by atoms with Crippen molar-refractivity contribution in [2.24, 2.45) is 0 Å². The summed E-state index contributed by atoms with van der Waals surface area (Å²) < 4.78 is 14.0.